The maximum atomic E-state index is 8.42. The van der Waals surface area contributed by atoms with Gasteiger partial charge in [0.2, 0.25) is 0 Å². The van der Waals surface area contributed by atoms with E-state index >= 15 is 0 Å². The molecule has 0 spiro atoms. The lowest BCUT2D eigenvalue weighted by Gasteiger charge is -2.22. The fraction of sp³-hybridized carbons (Fsp3) is 0.417. The summed E-state index contributed by atoms with van der Waals surface area (Å²) in [5.41, 5.74) is 6.63. The van der Waals surface area contributed by atoms with E-state index in [0.717, 1.165) is 19.5 Å². The van der Waals surface area contributed by atoms with E-state index in [1.807, 2.05) is 18.2 Å². The Morgan fingerprint density at radius 2 is 2.06 bits per heavy atom. The number of nitrogens with zero attached hydrogens (tertiary/aromatic N) is 2. The van der Waals surface area contributed by atoms with E-state index in [-0.39, 0.29) is 0 Å². The molecule has 3 N–H and O–H groups in total. The Morgan fingerprint density at radius 1 is 1.38 bits per heavy atom. The third kappa shape index (κ3) is 3.81. The first-order chi connectivity index (χ1) is 7.77. The average molecular weight is 221 g/mol. The van der Waals surface area contributed by atoms with E-state index in [0.29, 0.717) is 12.3 Å². The molecule has 1 rings (SSSR count). The van der Waals surface area contributed by atoms with Crippen LogP contribution in [0.1, 0.15) is 19.8 Å². The molecule has 0 aromatic heterocycles. The van der Waals surface area contributed by atoms with Crippen LogP contribution >= 0.6 is 0 Å². The van der Waals surface area contributed by atoms with Gasteiger partial charge in [0.15, 0.2) is 0 Å². The molecule has 0 saturated heterocycles. The molecule has 0 saturated carbocycles. The fourth-order valence-corrected chi connectivity index (χ4v) is 1.61. The SMILES string of the molecule is CCN(CCC/C(N)=N/O)c1ccccc1. The molecule has 4 nitrogen and oxygen atoms in total. The van der Waals surface area contributed by atoms with Crippen LogP contribution in [0.3, 0.4) is 0 Å². The molecule has 0 amide bonds. The second-order valence-corrected chi connectivity index (χ2v) is 3.61. The highest BCUT2D eigenvalue weighted by Gasteiger charge is 2.03. The zero-order valence-electron chi connectivity index (χ0n) is 9.63. The van der Waals surface area contributed by atoms with Crippen LogP contribution in [0.5, 0.6) is 0 Å². The minimum absolute atomic E-state index is 0.295. The average Bonchev–Trinajstić information content (AvgIpc) is 2.35. The first-order valence-electron chi connectivity index (χ1n) is 5.54. The molecule has 0 aliphatic rings. The summed E-state index contributed by atoms with van der Waals surface area (Å²) in [6.07, 6.45) is 1.51. The van der Waals surface area contributed by atoms with Crippen LogP contribution in [0.4, 0.5) is 5.69 Å². The number of benzene rings is 1. The highest BCUT2D eigenvalue weighted by Crippen LogP contribution is 2.13. The Hall–Kier alpha value is -1.71. The predicted octanol–water partition coefficient (Wildman–Crippen LogP) is 2.04. The van der Waals surface area contributed by atoms with Crippen LogP contribution in [0.2, 0.25) is 0 Å². The summed E-state index contributed by atoms with van der Waals surface area (Å²) in [6, 6.07) is 10.2. The highest BCUT2D eigenvalue weighted by molar-refractivity contribution is 5.79. The fourth-order valence-electron chi connectivity index (χ4n) is 1.61. The van der Waals surface area contributed by atoms with E-state index in [9.17, 15) is 0 Å². The monoisotopic (exact) mass is 221 g/mol. The molecular weight excluding hydrogens is 202 g/mol. The number of amidine groups is 1. The van der Waals surface area contributed by atoms with Crippen LogP contribution in [-0.4, -0.2) is 24.1 Å². The van der Waals surface area contributed by atoms with Crippen molar-refractivity contribution in [2.24, 2.45) is 10.9 Å². The van der Waals surface area contributed by atoms with Gasteiger partial charge in [-0.15, -0.1) is 0 Å². The van der Waals surface area contributed by atoms with Gasteiger partial charge in [-0.1, -0.05) is 23.4 Å². The lowest BCUT2D eigenvalue weighted by molar-refractivity contribution is 0.316. The minimum Gasteiger partial charge on any atom is -0.409 e. The smallest absolute Gasteiger partial charge is 0.139 e. The van der Waals surface area contributed by atoms with Gasteiger partial charge in [-0.25, -0.2) is 0 Å². The van der Waals surface area contributed by atoms with E-state index < -0.39 is 0 Å². The largest absolute Gasteiger partial charge is 0.409 e. The number of hydrogen-bond donors (Lipinski definition) is 2. The zero-order chi connectivity index (χ0) is 11.8. The van der Waals surface area contributed by atoms with Gasteiger partial charge in [0.25, 0.3) is 0 Å². The molecule has 0 aliphatic heterocycles. The zero-order valence-corrected chi connectivity index (χ0v) is 9.63. The van der Waals surface area contributed by atoms with Gasteiger partial charge in [-0.2, -0.15) is 0 Å². The molecule has 0 unspecified atom stereocenters. The van der Waals surface area contributed by atoms with E-state index in [4.69, 9.17) is 10.9 Å². The number of nitrogens with two attached hydrogens (primary N) is 1. The molecule has 0 fully saturated rings. The van der Waals surface area contributed by atoms with Gasteiger partial charge in [0, 0.05) is 25.2 Å². The molecule has 88 valence electrons. The summed E-state index contributed by atoms with van der Waals surface area (Å²) in [5, 5.41) is 11.4. The van der Waals surface area contributed by atoms with E-state index in [1.165, 1.54) is 5.69 Å². The van der Waals surface area contributed by atoms with Crippen LogP contribution in [0.25, 0.3) is 0 Å². The molecule has 0 heterocycles. The van der Waals surface area contributed by atoms with Gasteiger partial charge in [0.05, 0.1) is 0 Å². The van der Waals surface area contributed by atoms with Crippen molar-refractivity contribution in [1.29, 1.82) is 0 Å². The highest BCUT2D eigenvalue weighted by atomic mass is 16.4. The second-order valence-electron chi connectivity index (χ2n) is 3.61. The summed E-state index contributed by atoms with van der Waals surface area (Å²) in [7, 11) is 0. The van der Waals surface area contributed by atoms with Crippen molar-refractivity contribution in [3.05, 3.63) is 30.3 Å². The van der Waals surface area contributed by atoms with Crippen molar-refractivity contribution in [3.8, 4) is 0 Å². The molecule has 0 bridgehead atoms. The first kappa shape index (κ1) is 12.4. The Bertz CT molecular complexity index is 324. The standard InChI is InChI=1S/C12H19N3O/c1-2-15(10-6-9-12(13)14-16)11-7-4-3-5-8-11/h3-5,7-8,16H,2,6,9-10H2,1H3,(H2,13,14). The Morgan fingerprint density at radius 3 is 2.62 bits per heavy atom. The van der Waals surface area contributed by atoms with Crippen LogP contribution < -0.4 is 10.6 Å². The molecule has 0 aliphatic carbocycles. The summed E-state index contributed by atoms with van der Waals surface area (Å²) >= 11 is 0. The predicted molar refractivity (Wildman–Crippen MR) is 67.0 cm³/mol. The summed E-state index contributed by atoms with van der Waals surface area (Å²) < 4.78 is 0. The Balaban J connectivity index is 2.44. The van der Waals surface area contributed by atoms with Crippen LogP contribution in [-0.2, 0) is 0 Å². The quantitative estimate of drug-likeness (QED) is 0.334. The summed E-state index contributed by atoms with van der Waals surface area (Å²) in [4.78, 5) is 2.27. The summed E-state index contributed by atoms with van der Waals surface area (Å²) in [5.74, 6) is 0.295. The molecular formula is C12H19N3O. The Labute approximate surface area is 96.4 Å². The molecule has 1 aromatic rings. The van der Waals surface area contributed by atoms with Crippen molar-refractivity contribution >= 4 is 11.5 Å². The third-order valence-corrected chi connectivity index (χ3v) is 2.49. The Kier molecular flexibility index (Phi) is 5.19. The molecule has 1 aromatic carbocycles. The molecule has 0 atom stereocenters. The number of oxime groups is 1. The maximum Gasteiger partial charge on any atom is 0.139 e. The lowest BCUT2D eigenvalue weighted by atomic mass is 10.2. The van der Waals surface area contributed by atoms with Gasteiger partial charge in [-0.05, 0) is 25.5 Å². The lowest BCUT2D eigenvalue weighted by Crippen LogP contribution is -2.25. The minimum atomic E-state index is 0.295. The topological polar surface area (TPSA) is 61.8 Å². The van der Waals surface area contributed by atoms with E-state index in [2.05, 4.69) is 29.1 Å². The summed E-state index contributed by atoms with van der Waals surface area (Å²) in [6.45, 7) is 3.99. The second kappa shape index (κ2) is 6.71. The molecule has 4 heteroatoms. The van der Waals surface area contributed by atoms with Crippen LogP contribution in [0.15, 0.2) is 35.5 Å². The third-order valence-electron chi connectivity index (χ3n) is 2.49. The van der Waals surface area contributed by atoms with Gasteiger partial charge < -0.3 is 15.8 Å². The molecule has 16 heavy (non-hydrogen) atoms. The number of hydrogen-bond acceptors (Lipinski definition) is 3. The number of anilines is 1. The van der Waals surface area contributed by atoms with Gasteiger partial charge in [-0.3, -0.25) is 0 Å². The van der Waals surface area contributed by atoms with Crippen LogP contribution in [0, 0.1) is 0 Å². The van der Waals surface area contributed by atoms with E-state index in [1.54, 1.807) is 0 Å². The normalized spacial score (nSPS) is 11.4. The number of rotatable bonds is 6. The van der Waals surface area contributed by atoms with Gasteiger partial charge in [0.1, 0.15) is 5.84 Å². The number of para-hydroxylation sites is 1. The maximum absolute atomic E-state index is 8.42. The first-order valence-corrected chi connectivity index (χ1v) is 5.54. The van der Waals surface area contributed by atoms with Gasteiger partial charge >= 0.3 is 0 Å². The van der Waals surface area contributed by atoms with Crippen molar-refractivity contribution in [2.75, 3.05) is 18.0 Å². The van der Waals surface area contributed by atoms with Crippen molar-refractivity contribution in [2.45, 2.75) is 19.8 Å². The van der Waals surface area contributed by atoms with Crippen molar-refractivity contribution < 1.29 is 5.21 Å². The van der Waals surface area contributed by atoms with Crippen molar-refractivity contribution in [1.82, 2.24) is 0 Å². The van der Waals surface area contributed by atoms with Crippen molar-refractivity contribution in [3.63, 3.8) is 0 Å². The molecule has 0 radical (unpaired) electrons.